The molecule has 0 radical (unpaired) electrons. The summed E-state index contributed by atoms with van der Waals surface area (Å²) < 4.78 is 0. The Balaban J connectivity index is 0. The lowest BCUT2D eigenvalue weighted by molar-refractivity contribution is 0.504. The molecule has 0 unspecified atom stereocenters. The Morgan fingerprint density at radius 1 is 0.257 bits per heavy atom. The van der Waals surface area contributed by atoms with Crippen molar-refractivity contribution in [2.75, 3.05) is 0 Å². The zero-order valence-electron chi connectivity index (χ0n) is 26.1. The third-order valence-corrected chi connectivity index (χ3v) is 7.00. The average molecular weight is 495 g/mol. The molecule has 0 saturated heterocycles. The van der Waals surface area contributed by atoms with Gasteiger partial charge in [-0.1, -0.05) is 221 Å². The summed E-state index contributed by atoms with van der Waals surface area (Å²) >= 11 is 0. The molecule has 0 aromatic heterocycles. The van der Waals surface area contributed by atoms with Crippen LogP contribution in [0.5, 0.6) is 0 Å². The molecule has 0 heterocycles. The Kier molecular flexibility index (Phi) is 38.4. The molecule has 0 nitrogen and oxygen atoms in total. The molecule has 0 heteroatoms. The largest absolute Gasteiger partial charge is 0.0656 e. The van der Waals surface area contributed by atoms with Gasteiger partial charge in [-0.3, -0.25) is 0 Å². The summed E-state index contributed by atoms with van der Waals surface area (Å²) in [7, 11) is 0. The predicted molar refractivity (Wildman–Crippen MR) is 166 cm³/mol. The Morgan fingerprint density at radius 3 is 0.314 bits per heavy atom. The lowest BCUT2D eigenvalue weighted by Crippen LogP contribution is -1.85. The molecular formula is C35H74. The summed E-state index contributed by atoms with van der Waals surface area (Å²) in [6, 6.07) is 0. The molecule has 0 bridgehead atoms. The monoisotopic (exact) mass is 495 g/mol. The van der Waals surface area contributed by atoms with Crippen LogP contribution in [0.15, 0.2) is 0 Å². The maximum atomic E-state index is 2.17. The van der Waals surface area contributed by atoms with Gasteiger partial charge in [0.1, 0.15) is 0 Å². The molecule has 0 N–H and O–H groups in total. The van der Waals surface area contributed by atoms with Crippen molar-refractivity contribution in [3.8, 4) is 0 Å². The second-order valence-electron chi connectivity index (χ2n) is 12.3. The van der Waals surface area contributed by atoms with Crippen molar-refractivity contribution in [2.24, 2.45) is 5.92 Å². The fourth-order valence-corrected chi connectivity index (χ4v) is 4.95. The van der Waals surface area contributed by atoms with E-state index in [-0.39, 0.29) is 0 Å². The highest BCUT2D eigenvalue weighted by Gasteiger charge is 1.97. The van der Waals surface area contributed by atoms with Crippen molar-refractivity contribution in [1.82, 2.24) is 0 Å². The number of hydrogen-bond donors (Lipinski definition) is 0. The van der Waals surface area contributed by atoms with Crippen molar-refractivity contribution in [2.45, 2.75) is 221 Å². The van der Waals surface area contributed by atoms with Crippen LogP contribution in [0.1, 0.15) is 221 Å². The SMILES string of the molecule is C1CCCCCCCCCCCCC1.C1CCCCCCCCCCCCC1.CC(C)C.CCC. The molecule has 2 fully saturated rings. The van der Waals surface area contributed by atoms with Crippen LogP contribution >= 0.6 is 0 Å². The standard InChI is InChI=1S/2C14H28.C4H10.C3H8/c2*1-2-4-6-8-10-12-14-13-11-9-7-5-3-1;1-4(2)3;1-3-2/h2*1-14H2;4H,1-3H3;3H2,1-2H3. The zero-order chi connectivity index (χ0) is 26.1. The molecule has 0 aromatic rings. The summed E-state index contributed by atoms with van der Waals surface area (Å²) in [6.45, 7) is 10.8. The summed E-state index contributed by atoms with van der Waals surface area (Å²) in [5.41, 5.74) is 0. The van der Waals surface area contributed by atoms with Gasteiger partial charge in [-0.05, 0) is 5.92 Å². The fraction of sp³-hybridized carbons (Fsp3) is 1.00. The zero-order valence-corrected chi connectivity index (χ0v) is 26.1. The average Bonchev–Trinajstić information content (AvgIpc) is 2.83. The first kappa shape index (κ1) is 37.2. The highest BCUT2D eigenvalue weighted by molar-refractivity contribution is 4.53. The van der Waals surface area contributed by atoms with E-state index in [1.807, 2.05) is 0 Å². The van der Waals surface area contributed by atoms with Crippen LogP contribution in [-0.4, -0.2) is 0 Å². The van der Waals surface area contributed by atoms with Crippen LogP contribution in [0.25, 0.3) is 0 Å². The van der Waals surface area contributed by atoms with Crippen molar-refractivity contribution < 1.29 is 0 Å². The van der Waals surface area contributed by atoms with Crippen LogP contribution in [0.2, 0.25) is 0 Å². The van der Waals surface area contributed by atoms with Crippen LogP contribution in [0.4, 0.5) is 0 Å². The number of rotatable bonds is 0. The van der Waals surface area contributed by atoms with Gasteiger partial charge in [0, 0.05) is 0 Å². The lowest BCUT2D eigenvalue weighted by Gasteiger charge is -2.05. The van der Waals surface area contributed by atoms with E-state index in [4.69, 9.17) is 0 Å². The molecule has 0 aliphatic heterocycles. The summed E-state index contributed by atoms with van der Waals surface area (Å²) in [6.07, 6.45) is 43.2. The maximum Gasteiger partial charge on any atom is -0.0500 e. The Morgan fingerprint density at radius 2 is 0.286 bits per heavy atom. The molecule has 2 aliphatic rings. The van der Waals surface area contributed by atoms with Gasteiger partial charge in [0.05, 0.1) is 0 Å². The van der Waals surface area contributed by atoms with Gasteiger partial charge < -0.3 is 0 Å². The van der Waals surface area contributed by atoms with E-state index >= 15 is 0 Å². The fourth-order valence-electron chi connectivity index (χ4n) is 4.95. The second-order valence-corrected chi connectivity index (χ2v) is 12.3. The minimum absolute atomic E-state index is 0.833. The summed E-state index contributed by atoms with van der Waals surface area (Å²) in [5, 5.41) is 0. The predicted octanol–water partition coefficient (Wildman–Crippen LogP) is 14.0. The van der Waals surface area contributed by atoms with Gasteiger partial charge in [0.2, 0.25) is 0 Å². The Bertz CT molecular complexity index is 181. The molecule has 0 spiro atoms. The Labute approximate surface area is 226 Å². The second kappa shape index (κ2) is 36.2. The molecular weight excluding hydrogens is 420 g/mol. The first-order valence-corrected chi connectivity index (χ1v) is 17.1. The van der Waals surface area contributed by atoms with E-state index in [0.717, 1.165) is 5.92 Å². The molecule has 0 atom stereocenters. The quantitative estimate of drug-likeness (QED) is 0.314. The van der Waals surface area contributed by atoms with Gasteiger partial charge in [-0.15, -0.1) is 0 Å². The van der Waals surface area contributed by atoms with Gasteiger partial charge in [-0.2, -0.15) is 0 Å². The molecule has 2 rings (SSSR count). The smallest absolute Gasteiger partial charge is 0.0500 e. The van der Waals surface area contributed by atoms with Crippen LogP contribution in [0.3, 0.4) is 0 Å². The van der Waals surface area contributed by atoms with Crippen molar-refractivity contribution in [3.05, 3.63) is 0 Å². The molecule has 0 aromatic carbocycles. The van der Waals surface area contributed by atoms with Gasteiger partial charge in [0.25, 0.3) is 0 Å². The van der Waals surface area contributed by atoms with Crippen molar-refractivity contribution >= 4 is 0 Å². The minimum atomic E-state index is 0.833. The van der Waals surface area contributed by atoms with E-state index in [2.05, 4.69) is 34.6 Å². The first-order chi connectivity index (χ1) is 17.1. The topological polar surface area (TPSA) is 0 Å². The van der Waals surface area contributed by atoms with Crippen molar-refractivity contribution in [1.29, 1.82) is 0 Å². The molecule has 214 valence electrons. The van der Waals surface area contributed by atoms with Crippen LogP contribution in [0, 0.1) is 5.92 Å². The van der Waals surface area contributed by atoms with Gasteiger partial charge >= 0.3 is 0 Å². The van der Waals surface area contributed by atoms with E-state index in [1.54, 1.807) is 0 Å². The molecule has 0 amide bonds. The number of hydrogen-bond acceptors (Lipinski definition) is 0. The summed E-state index contributed by atoms with van der Waals surface area (Å²) in [5.74, 6) is 0.833. The van der Waals surface area contributed by atoms with Crippen LogP contribution < -0.4 is 0 Å². The highest BCUT2D eigenvalue weighted by atomic mass is 14.0. The highest BCUT2D eigenvalue weighted by Crippen LogP contribution is 2.17. The normalized spacial score (nSPS) is 20.7. The third-order valence-electron chi connectivity index (χ3n) is 7.00. The van der Waals surface area contributed by atoms with Gasteiger partial charge in [-0.25, -0.2) is 0 Å². The molecule has 2 aliphatic carbocycles. The lowest BCUT2D eigenvalue weighted by atomic mass is 10.0. The van der Waals surface area contributed by atoms with Gasteiger partial charge in [0.15, 0.2) is 0 Å². The molecule has 2 saturated carbocycles. The van der Waals surface area contributed by atoms with E-state index in [9.17, 15) is 0 Å². The third kappa shape index (κ3) is 44.4. The Hall–Kier alpha value is 0. The van der Waals surface area contributed by atoms with E-state index in [0.29, 0.717) is 0 Å². The van der Waals surface area contributed by atoms with Crippen LogP contribution in [-0.2, 0) is 0 Å². The van der Waals surface area contributed by atoms with E-state index < -0.39 is 0 Å². The van der Waals surface area contributed by atoms with Crippen molar-refractivity contribution in [3.63, 3.8) is 0 Å². The summed E-state index contributed by atoms with van der Waals surface area (Å²) in [4.78, 5) is 0. The van der Waals surface area contributed by atoms with E-state index in [1.165, 1.54) is 186 Å². The first-order valence-electron chi connectivity index (χ1n) is 17.1. The molecule has 35 heavy (non-hydrogen) atoms. The minimum Gasteiger partial charge on any atom is -0.0656 e. The maximum absolute atomic E-state index is 2.17.